The lowest BCUT2D eigenvalue weighted by atomic mass is 10.2. The fourth-order valence-electron chi connectivity index (χ4n) is 1.90. The first-order valence-corrected chi connectivity index (χ1v) is 5.70. The summed E-state index contributed by atoms with van der Waals surface area (Å²) in [5.41, 5.74) is 6.97. The number of likely N-dealkylation sites (tertiary alicyclic amines) is 1. The van der Waals surface area contributed by atoms with Crippen LogP contribution in [0.2, 0.25) is 0 Å². The first-order valence-electron chi connectivity index (χ1n) is 5.70. The quantitative estimate of drug-likeness (QED) is 0.769. The van der Waals surface area contributed by atoms with E-state index in [9.17, 15) is 4.79 Å². The fourth-order valence-corrected chi connectivity index (χ4v) is 1.90. The van der Waals surface area contributed by atoms with Gasteiger partial charge in [-0.25, -0.2) is 4.79 Å². The van der Waals surface area contributed by atoms with Crippen LogP contribution in [0, 0.1) is 0 Å². The molecular weight excluding hydrogens is 218 g/mol. The SMILES string of the molecule is COc1ccc(NC(=O)N2CCCC2)c(N)c1. The lowest BCUT2D eigenvalue weighted by Crippen LogP contribution is -2.32. The van der Waals surface area contributed by atoms with Crippen molar-refractivity contribution >= 4 is 17.4 Å². The van der Waals surface area contributed by atoms with E-state index >= 15 is 0 Å². The number of carbonyl (C=O) groups is 1. The van der Waals surface area contributed by atoms with Gasteiger partial charge in [0.25, 0.3) is 0 Å². The van der Waals surface area contributed by atoms with E-state index in [1.54, 1.807) is 30.2 Å². The highest BCUT2D eigenvalue weighted by atomic mass is 16.5. The molecule has 2 amide bonds. The van der Waals surface area contributed by atoms with Crippen LogP contribution in [0.5, 0.6) is 5.75 Å². The summed E-state index contributed by atoms with van der Waals surface area (Å²) in [7, 11) is 1.58. The van der Waals surface area contributed by atoms with E-state index in [4.69, 9.17) is 10.5 Å². The number of hydrogen-bond donors (Lipinski definition) is 2. The molecule has 2 rings (SSSR count). The van der Waals surface area contributed by atoms with Crippen LogP contribution >= 0.6 is 0 Å². The zero-order valence-corrected chi connectivity index (χ0v) is 9.90. The molecule has 1 aromatic rings. The Labute approximate surface area is 101 Å². The van der Waals surface area contributed by atoms with E-state index in [2.05, 4.69) is 5.32 Å². The molecule has 17 heavy (non-hydrogen) atoms. The maximum Gasteiger partial charge on any atom is 0.321 e. The summed E-state index contributed by atoms with van der Waals surface area (Å²) < 4.78 is 5.05. The highest BCUT2D eigenvalue weighted by Gasteiger charge is 2.18. The molecule has 0 aromatic heterocycles. The van der Waals surface area contributed by atoms with Gasteiger partial charge in [0.05, 0.1) is 18.5 Å². The molecule has 1 aromatic carbocycles. The minimum atomic E-state index is -0.0839. The maximum absolute atomic E-state index is 11.8. The van der Waals surface area contributed by atoms with Crippen molar-refractivity contribution in [2.75, 3.05) is 31.2 Å². The van der Waals surface area contributed by atoms with Crippen molar-refractivity contribution in [3.63, 3.8) is 0 Å². The normalized spacial score (nSPS) is 14.8. The fraction of sp³-hybridized carbons (Fsp3) is 0.417. The summed E-state index contributed by atoms with van der Waals surface area (Å²) in [4.78, 5) is 13.6. The molecule has 5 heteroatoms. The first kappa shape index (κ1) is 11.6. The molecule has 1 saturated heterocycles. The summed E-state index contributed by atoms with van der Waals surface area (Å²) in [6, 6.07) is 5.14. The molecular formula is C12H17N3O2. The van der Waals surface area contributed by atoms with Gasteiger partial charge in [-0.3, -0.25) is 0 Å². The molecule has 1 fully saturated rings. The highest BCUT2D eigenvalue weighted by Crippen LogP contribution is 2.24. The Morgan fingerprint density at radius 3 is 2.71 bits per heavy atom. The molecule has 3 N–H and O–H groups in total. The predicted molar refractivity (Wildman–Crippen MR) is 67.2 cm³/mol. The first-order chi connectivity index (χ1) is 8.20. The van der Waals surface area contributed by atoms with Gasteiger partial charge in [-0.15, -0.1) is 0 Å². The molecule has 0 bridgehead atoms. The summed E-state index contributed by atoms with van der Waals surface area (Å²) >= 11 is 0. The van der Waals surface area contributed by atoms with E-state index in [-0.39, 0.29) is 6.03 Å². The number of amides is 2. The maximum atomic E-state index is 11.8. The number of rotatable bonds is 2. The van der Waals surface area contributed by atoms with Crippen molar-refractivity contribution in [2.45, 2.75) is 12.8 Å². The smallest absolute Gasteiger partial charge is 0.321 e. The molecule has 0 atom stereocenters. The van der Waals surface area contributed by atoms with Gasteiger partial charge in [0, 0.05) is 19.2 Å². The Bertz CT molecular complexity index is 414. The van der Waals surface area contributed by atoms with Gasteiger partial charge in [-0.2, -0.15) is 0 Å². The molecule has 92 valence electrons. The molecule has 0 aliphatic carbocycles. The monoisotopic (exact) mass is 235 g/mol. The van der Waals surface area contributed by atoms with Crippen LogP contribution in [0.15, 0.2) is 18.2 Å². The number of ether oxygens (including phenoxy) is 1. The van der Waals surface area contributed by atoms with Crippen molar-refractivity contribution in [1.29, 1.82) is 0 Å². The second kappa shape index (κ2) is 4.95. The number of urea groups is 1. The number of benzene rings is 1. The van der Waals surface area contributed by atoms with Crippen LogP contribution in [-0.2, 0) is 0 Å². The lowest BCUT2D eigenvalue weighted by molar-refractivity contribution is 0.222. The zero-order valence-electron chi connectivity index (χ0n) is 9.90. The number of nitrogens with two attached hydrogens (primary N) is 1. The Morgan fingerprint density at radius 1 is 1.41 bits per heavy atom. The molecule has 0 unspecified atom stereocenters. The van der Waals surface area contributed by atoms with Gasteiger partial charge in [0.1, 0.15) is 5.75 Å². The van der Waals surface area contributed by atoms with Crippen molar-refractivity contribution in [3.05, 3.63) is 18.2 Å². The Balaban J connectivity index is 2.05. The molecule has 0 spiro atoms. The minimum absolute atomic E-state index is 0.0839. The van der Waals surface area contributed by atoms with E-state index < -0.39 is 0 Å². The van der Waals surface area contributed by atoms with Crippen LogP contribution < -0.4 is 15.8 Å². The second-order valence-corrected chi connectivity index (χ2v) is 4.08. The number of nitrogen functional groups attached to an aromatic ring is 1. The van der Waals surface area contributed by atoms with Gasteiger partial charge >= 0.3 is 6.03 Å². The van der Waals surface area contributed by atoms with Gasteiger partial charge in [-0.05, 0) is 25.0 Å². The van der Waals surface area contributed by atoms with Crippen molar-refractivity contribution < 1.29 is 9.53 Å². The number of methoxy groups -OCH3 is 1. The summed E-state index contributed by atoms with van der Waals surface area (Å²) in [6.07, 6.45) is 2.15. The molecule has 0 radical (unpaired) electrons. The van der Waals surface area contributed by atoms with Crippen molar-refractivity contribution in [1.82, 2.24) is 4.90 Å². The van der Waals surface area contributed by atoms with E-state index in [0.29, 0.717) is 17.1 Å². The Morgan fingerprint density at radius 2 is 2.12 bits per heavy atom. The Hall–Kier alpha value is -1.91. The van der Waals surface area contributed by atoms with Crippen LogP contribution in [0.1, 0.15) is 12.8 Å². The summed E-state index contributed by atoms with van der Waals surface area (Å²) in [5.74, 6) is 0.682. The largest absolute Gasteiger partial charge is 0.497 e. The Kier molecular flexibility index (Phi) is 3.37. The van der Waals surface area contributed by atoms with Crippen molar-refractivity contribution in [2.24, 2.45) is 0 Å². The predicted octanol–water partition coefficient (Wildman–Crippen LogP) is 1.91. The lowest BCUT2D eigenvalue weighted by Gasteiger charge is -2.17. The highest BCUT2D eigenvalue weighted by molar-refractivity contribution is 5.93. The van der Waals surface area contributed by atoms with E-state index in [1.807, 2.05) is 0 Å². The third-order valence-corrected chi connectivity index (χ3v) is 2.89. The van der Waals surface area contributed by atoms with Gasteiger partial charge in [0.2, 0.25) is 0 Å². The van der Waals surface area contributed by atoms with E-state index in [0.717, 1.165) is 25.9 Å². The standard InChI is InChI=1S/C12H17N3O2/c1-17-9-4-5-11(10(13)8-9)14-12(16)15-6-2-3-7-15/h4-5,8H,2-3,6-7,13H2,1H3,(H,14,16). The van der Waals surface area contributed by atoms with E-state index in [1.165, 1.54) is 0 Å². The van der Waals surface area contributed by atoms with Gasteiger partial charge in [0.15, 0.2) is 0 Å². The third kappa shape index (κ3) is 2.61. The van der Waals surface area contributed by atoms with Gasteiger partial charge in [-0.1, -0.05) is 0 Å². The van der Waals surface area contributed by atoms with Crippen LogP contribution in [0.3, 0.4) is 0 Å². The number of carbonyl (C=O) groups excluding carboxylic acids is 1. The second-order valence-electron chi connectivity index (χ2n) is 4.08. The summed E-state index contributed by atoms with van der Waals surface area (Å²) in [5, 5.41) is 2.81. The molecule has 0 saturated carbocycles. The average molecular weight is 235 g/mol. The van der Waals surface area contributed by atoms with Gasteiger partial charge < -0.3 is 20.7 Å². The number of nitrogens with one attached hydrogen (secondary N) is 1. The number of nitrogens with zero attached hydrogens (tertiary/aromatic N) is 1. The molecule has 1 aliphatic rings. The third-order valence-electron chi connectivity index (χ3n) is 2.89. The topological polar surface area (TPSA) is 67.6 Å². The number of anilines is 2. The summed E-state index contributed by atoms with van der Waals surface area (Å²) in [6.45, 7) is 1.64. The van der Waals surface area contributed by atoms with Crippen LogP contribution in [0.25, 0.3) is 0 Å². The van der Waals surface area contributed by atoms with Crippen LogP contribution in [0.4, 0.5) is 16.2 Å². The zero-order chi connectivity index (χ0) is 12.3. The molecule has 5 nitrogen and oxygen atoms in total. The number of hydrogen-bond acceptors (Lipinski definition) is 3. The molecule has 1 aliphatic heterocycles. The average Bonchev–Trinajstić information content (AvgIpc) is 2.85. The minimum Gasteiger partial charge on any atom is -0.497 e. The van der Waals surface area contributed by atoms with Crippen molar-refractivity contribution in [3.8, 4) is 5.75 Å². The van der Waals surface area contributed by atoms with Crippen LogP contribution in [-0.4, -0.2) is 31.1 Å². The molecule has 1 heterocycles.